The highest BCUT2D eigenvalue weighted by atomic mass is 35.5. The minimum absolute atomic E-state index is 0.0337. The molecule has 1 aromatic carbocycles. The van der Waals surface area contributed by atoms with Crippen LogP contribution in [0.15, 0.2) is 47.4 Å². The molecule has 0 amide bonds. The van der Waals surface area contributed by atoms with Gasteiger partial charge in [-0.05, 0) is 23.8 Å². The van der Waals surface area contributed by atoms with E-state index in [0.29, 0.717) is 16.6 Å². The molecule has 0 aliphatic carbocycles. The molecular weight excluding hydrogens is 245 g/mol. The van der Waals surface area contributed by atoms with Gasteiger partial charge in [-0.2, -0.15) is 0 Å². The van der Waals surface area contributed by atoms with Gasteiger partial charge in [-0.1, -0.05) is 35.3 Å². The molecule has 0 spiro atoms. The van der Waals surface area contributed by atoms with Crippen molar-refractivity contribution in [3.63, 3.8) is 0 Å². The highest BCUT2D eigenvalue weighted by Gasteiger charge is 2.01. The van der Waals surface area contributed by atoms with Crippen molar-refractivity contribution < 1.29 is 0 Å². The Morgan fingerprint density at radius 2 is 1.88 bits per heavy atom. The number of pyridine rings is 1. The zero-order valence-corrected chi connectivity index (χ0v) is 9.87. The minimum Gasteiger partial charge on any atom is -0.311 e. The van der Waals surface area contributed by atoms with Gasteiger partial charge in [0.2, 0.25) is 0 Å². The van der Waals surface area contributed by atoms with Crippen molar-refractivity contribution in [3.8, 4) is 0 Å². The predicted octanol–water partition coefficient (Wildman–Crippen LogP) is 3.20. The number of hydrogen-bond acceptors (Lipinski definition) is 1. The quantitative estimate of drug-likeness (QED) is 0.806. The zero-order chi connectivity index (χ0) is 11.5. The molecule has 0 atom stereocenters. The fraction of sp³-hybridized carbons (Fsp3) is 0.0833. The van der Waals surface area contributed by atoms with Gasteiger partial charge in [0.05, 0.1) is 16.6 Å². The summed E-state index contributed by atoms with van der Waals surface area (Å²) in [6.07, 6.45) is 1.74. The van der Waals surface area contributed by atoms with E-state index in [9.17, 15) is 4.79 Å². The van der Waals surface area contributed by atoms with Crippen molar-refractivity contribution >= 4 is 23.2 Å². The molecule has 0 aliphatic heterocycles. The van der Waals surface area contributed by atoms with Crippen LogP contribution in [0.25, 0.3) is 0 Å². The van der Waals surface area contributed by atoms with Crippen LogP contribution in [-0.2, 0) is 6.54 Å². The van der Waals surface area contributed by atoms with Gasteiger partial charge in [-0.15, -0.1) is 0 Å². The third-order valence-corrected chi connectivity index (χ3v) is 2.97. The summed E-state index contributed by atoms with van der Waals surface area (Å²) in [5.74, 6) is 0. The van der Waals surface area contributed by atoms with E-state index >= 15 is 0 Å². The lowest BCUT2D eigenvalue weighted by Crippen LogP contribution is -2.18. The van der Waals surface area contributed by atoms with Crippen molar-refractivity contribution in [3.05, 3.63) is 68.6 Å². The molecule has 82 valence electrons. The Kier molecular flexibility index (Phi) is 3.32. The van der Waals surface area contributed by atoms with Crippen LogP contribution in [0.2, 0.25) is 10.0 Å². The summed E-state index contributed by atoms with van der Waals surface area (Å²) in [6.45, 7) is 0.497. The summed E-state index contributed by atoms with van der Waals surface area (Å²) >= 11 is 11.7. The number of hydrogen-bond donors (Lipinski definition) is 0. The maximum Gasteiger partial charge on any atom is 0.250 e. The maximum absolute atomic E-state index is 11.5. The van der Waals surface area contributed by atoms with Crippen molar-refractivity contribution in [2.45, 2.75) is 6.54 Å². The summed E-state index contributed by atoms with van der Waals surface area (Å²) in [6, 6.07) is 10.4. The molecule has 0 aliphatic rings. The molecule has 2 nitrogen and oxygen atoms in total. The van der Waals surface area contributed by atoms with Gasteiger partial charge >= 0.3 is 0 Å². The lowest BCUT2D eigenvalue weighted by molar-refractivity contribution is 0.759. The molecule has 16 heavy (non-hydrogen) atoms. The summed E-state index contributed by atoms with van der Waals surface area (Å²) in [7, 11) is 0. The molecule has 0 N–H and O–H groups in total. The van der Waals surface area contributed by atoms with E-state index in [1.807, 2.05) is 12.1 Å². The molecule has 0 unspecified atom stereocenters. The van der Waals surface area contributed by atoms with Gasteiger partial charge in [0.1, 0.15) is 0 Å². The van der Waals surface area contributed by atoms with Crippen LogP contribution < -0.4 is 5.56 Å². The van der Waals surface area contributed by atoms with Crippen LogP contribution in [0.1, 0.15) is 5.56 Å². The van der Waals surface area contributed by atoms with E-state index in [4.69, 9.17) is 23.2 Å². The van der Waals surface area contributed by atoms with Crippen molar-refractivity contribution in [1.82, 2.24) is 4.57 Å². The van der Waals surface area contributed by atoms with E-state index in [0.717, 1.165) is 5.56 Å². The Morgan fingerprint density at radius 1 is 1.06 bits per heavy atom. The monoisotopic (exact) mass is 253 g/mol. The van der Waals surface area contributed by atoms with E-state index in [1.165, 1.54) is 6.07 Å². The average Bonchev–Trinajstić information content (AvgIpc) is 2.27. The first-order valence-electron chi connectivity index (χ1n) is 4.76. The first kappa shape index (κ1) is 11.2. The number of nitrogens with zero attached hydrogens (tertiary/aromatic N) is 1. The van der Waals surface area contributed by atoms with Crippen molar-refractivity contribution in [2.75, 3.05) is 0 Å². The Labute approximate surface area is 103 Å². The highest BCUT2D eigenvalue weighted by molar-refractivity contribution is 6.42. The highest BCUT2D eigenvalue weighted by Crippen LogP contribution is 2.22. The van der Waals surface area contributed by atoms with Crippen LogP contribution in [0.5, 0.6) is 0 Å². The second kappa shape index (κ2) is 4.73. The van der Waals surface area contributed by atoms with Gasteiger partial charge in [0.25, 0.3) is 5.56 Å². The number of benzene rings is 1. The van der Waals surface area contributed by atoms with Crippen LogP contribution in [0, 0.1) is 0 Å². The molecule has 0 bridgehead atoms. The van der Waals surface area contributed by atoms with E-state index < -0.39 is 0 Å². The van der Waals surface area contributed by atoms with E-state index in [2.05, 4.69) is 0 Å². The average molecular weight is 254 g/mol. The van der Waals surface area contributed by atoms with Gasteiger partial charge in [0, 0.05) is 12.3 Å². The topological polar surface area (TPSA) is 22.0 Å². The Balaban J connectivity index is 2.31. The second-order valence-electron chi connectivity index (χ2n) is 3.42. The van der Waals surface area contributed by atoms with Crippen molar-refractivity contribution in [2.24, 2.45) is 0 Å². The van der Waals surface area contributed by atoms with Crippen LogP contribution in [0.4, 0.5) is 0 Å². The Hall–Kier alpha value is -1.25. The van der Waals surface area contributed by atoms with Gasteiger partial charge < -0.3 is 4.57 Å². The lowest BCUT2D eigenvalue weighted by atomic mass is 10.2. The van der Waals surface area contributed by atoms with Crippen LogP contribution in [0.3, 0.4) is 0 Å². The summed E-state index contributed by atoms with van der Waals surface area (Å²) in [5.41, 5.74) is 0.913. The zero-order valence-electron chi connectivity index (χ0n) is 8.36. The third kappa shape index (κ3) is 2.46. The first-order valence-corrected chi connectivity index (χ1v) is 5.52. The SMILES string of the molecule is O=c1ccccn1Cc1ccc(Cl)c(Cl)c1. The van der Waals surface area contributed by atoms with Gasteiger partial charge in [-0.25, -0.2) is 0 Å². The van der Waals surface area contributed by atoms with E-state index in [-0.39, 0.29) is 5.56 Å². The van der Waals surface area contributed by atoms with Crippen LogP contribution >= 0.6 is 23.2 Å². The number of rotatable bonds is 2. The largest absolute Gasteiger partial charge is 0.311 e. The molecule has 0 saturated heterocycles. The fourth-order valence-corrected chi connectivity index (χ4v) is 1.75. The summed E-state index contributed by atoms with van der Waals surface area (Å²) in [5, 5.41) is 1.02. The Bertz CT molecular complexity index is 563. The smallest absolute Gasteiger partial charge is 0.250 e. The predicted molar refractivity (Wildman–Crippen MR) is 66.3 cm³/mol. The van der Waals surface area contributed by atoms with Gasteiger partial charge in [0.15, 0.2) is 0 Å². The lowest BCUT2D eigenvalue weighted by Gasteiger charge is -2.06. The Morgan fingerprint density at radius 3 is 2.56 bits per heavy atom. The second-order valence-corrected chi connectivity index (χ2v) is 4.23. The molecule has 0 radical (unpaired) electrons. The maximum atomic E-state index is 11.5. The third-order valence-electron chi connectivity index (χ3n) is 2.24. The number of halogens is 2. The summed E-state index contributed by atoms with van der Waals surface area (Å²) in [4.78, 5) is 11.5. The molecule has 0 saturated carbocycles. The van der Waals surface area contributed by atoms with Crippen molar-refractivity contribution in [1.29, 1.82) is 0 Å². The van der Waals surface area contributed by atoms with E-state index in [1.54, 1.807) is 29.0 Å². The first-order chi connectivity index (χ1) is 7.66. The molecule has 4 heteroatoms. The molecule has 2 rings (SSSR count). The molecule has 1 aromatic heterocycles. The van der Waals surface area contributed by atoms with Gasteiger partial charge in [-0.3, -0.25) is 4.79 Å². The normalized spacial score (nSPS) is 10.4. The number of aromatic nitrogens is 1. The standard InChI is InChI=1S/C12H9Cl2NO/c13-10-5-4-9(7-11(10)14)8-15-6-2-1-3-12(15)16/h1-7H,8H2. The molecule has 0 fully saturated rings. The molecule has 2 aromatic rings. The van der Waals surface area contributed by atoms with Crippen LogP contribution in [-0.4, -0.2) is 4.57 Å². The fourth-order valence-electron chi connectivity index (χ4n) is 1.43. The molecule has 1 heterocycles. The molecular formula is C12H9Cl2NO. The summed E-state index contributed by atoms with van der Waals surface area (Å²) < 4.78 is 1.61. The minimum atomic E-state index is -0.0337.